The van der Waals surface area contributed by atoms with E-state index in [1.807, 2.05) is 67.6 Å². The number of nitrogens with one attached hydrogen (secondary N) is 3. The summed E-state index contributed by atoms with van der Waals surface area (Å²) >= 11 is 0. The Balaban J connectivity index is 1.94. The van der Waals surface area contributed by atoms with Gasteiger partial charge in [0.25, 0.3) is 0 Å². The molecule has 0 bridgehead atoms. The average molecular weight is 364 g/mol. The second kappa shape index (κ2) is 10.6. The van der Waals surface area contributed by atoms with E-state index in [1.54, 1.807) is 0 Å². The van der Waals surface area contributed by atoms with Crippen LogP contribution in [-0.2, 0) is 17.8 Å². The van der Waals surface area contributed by atoms with Gasteiger partial charge in [-0.25, -0.2) is 4.79 Å². The van der Waals surface area contributed by atoms with Crippen LogP contribution in [0.5, 0.6) is 0 Å². The third-order valence-electron chi connectivity index (χ3n) is 4.01. The highest BCUT2D eigenvalue weighted by molar-refractivity contribution is 5.87. The molecule has 2 aromatic rings. The summed E-state index contributed by atoms with van der Waals surface area (Å²) in [4.78, 5) is 24.7. The Morgan fingerprint density at radius 2 is 1.70 bits per heavy atom. The van der Waals surface area contributed by atoms with Crippen molar-refractivity contribution in [3.05, 3.63) is 71.3 Å². The second-order valence-electron chi connectivity index (χ2n) is 6.25. The van der Waals surface area contributed by atoms with Crippen molar-refractivity contribution in [2.45, 2.75) is 32.4 Å². The van der Waals surface area contributed by atoms with Crippen LogP contribution >= 0.6 is 0 Å². The Labute approximate surface area is 159 Å². The molecule has 2 rings (SSSR count). The fourth-order valence-corrected chi connectivity index (χ4v) is 2.52. The zero-order valence-corrected chi connectivity index (χ0v) is 15.4. The molecule has 0 aliphatic rings. The van der Waals surface area contributed by atoms with Gasteiger partial charge < -0.3 is 16.0 Å². The molecule has 27 heavy (non-hydrogen) atoms. The first-order valence-electron chi connectivity index (χ1n) is 8.87. The maximum Gasteiger partial charge on any atom is 0.315 e. The van der Waals surface area contributed by atoms with Crippen molar-refractivity contribution in [1.29, 1.82) is 5.26 Å². The number of amides is 3. The number of benzene rings is 2. The third-order valence-corrected chi connectivity index (χ3v) is 4.01. The van der Waals surface area contributed by atoms with Gasteiger partial charge in [-0.3, -0.25) is 4.79 Å². The summed E-state index contributed by atoms with van der Waals surface area (Å²) in [7, 11) is 0. The number of aryl methyl sites for hydroxylation is 1. The minimum Gasteiger partial charge on any atom is -0.353 e. The van der Waals surface area contributed by atoms with Crippen LogP contribution in [0.4, 0.5) is 4.79 Å². The lowest BCUT2D eigenvalue weighted by molar-refractivity contribution is -0.122. The third kappa shape index (κ3) is 7.20. The molecule has 3 N–H and O–H groups in total. The highest BCUT2D eigenvalue weighted by atomic mass is 16.2. The molecule has 0 aromatic heterocycles. The molecule has 0 saturated carbocycles. The largest absolute Gasteiger partial charge is 0.353 e. The van der Waals surface area contributed by atoms with Gasteiger partial charge in [-0.2, -0.15) is 5.26 Å². The number of nitrogens with zero attached hydrogens (tertiary/aromatic N) is 1. The molecular formula is C21H24N4O2. The summed E-state index contributed by atoms with van der Waals surface area (Å²) in [5.41, 5.74) is 3.07. The second-order valence-corrected chi connectivity index (χ2v) is 6.25. The van der Waals surface area contributed by atoms with Crippen molar-refractivity contribution in [1.82, 2.24) is 16.0 Å². The molecule has 2 aromatic carbocycles. The van der Waals surface area contributed by atoms with Crippen LogP contribution in [0.2, 0.25) is 0 Å². The molecule has 140 valence electrons. The molecule has 6 heteroatoms. The molecule has 1 atom stereocenters. The van der Waals surface area contributed by atoms with Gasteiger partial charge >= 0.3 is 6.03 Å². The van der Waals surface area contributed by atoms with Crippen molar-refractivity contribution >= 4 is 11.9 Å². The van der Waals surface area contributed by atoms with Crippen LogP contribution in [0.15, 0.2) is 54.6 Å². The Morgan fingerprint density at radius 3 is 2.37 bits per heavy atom. The minimum absolute atomic E-state index is 0.226. The van der Waals surface area contributed by atoms with Gasteiger partial charge in [-0.1, -0.05) is 60.2 Å². The molecule has 0 aliphatic carbocycles. The van der Waals surface area contributed by atoms with Gasteiger partial charge in [0.2, 0.25) is 5.91 Å². The molecular weight excluding hydrogens is 340 g/mol. The molecule has 0 aliphatic heterocycles. The van der Waals surface area contributed by atoms with Gasteiger partial charge in [0.05, 0.1) is 12.5 Å². The molecule has 0 radical (unpaired) electrons. The average Bonchev–Trinajstić information content (AvgIpc) is 2.68. The topological polar surface area (TPSA) is 94.0 Å². The summed E-state index contributed by atoms with van der Waals surface area (Å²) in [6, 6.07) is 18.2. The molecule has 0 spiro atoms. The highest BCUT2D eigenvalue weighted by Gasteiger charge is 2.20. The fraction of sp³-hybridized carbons (Fsp3) is 0.286. The summed E-state index contributed by atoms with van der Waals surface area (Å²) in [5, 5.41) is 16.8. The maximum atomic E-state index is 12.4. The lowest BCUT2D eigenvalue weighted by atomic mass is 10.1. The van der Waals surface area contributed by atoms with E-state index in [2.05, 4.69) is 16.0 Å². The monoisotopic (exact) mass is 364 g/mol. The fourth-order valence-electron chi connectivity index (χ4n) is 2.52. The Kier molecular flexibility index (Phi) is 7.86. The lowest BCUT2D eigenvalue weighted by Gasteiger charge is -2.19. The van der Waals surface area contributed by atoms with Crippen LogP contribution in [0.25, 0.3) is 0 Å². The van der Waals surface area contributed by atoms with Gasteiger partial charge in [-0.15, -0.1) is 0 Å². The number of hydrogen-bond acceptors (Lipinski definition) is 3. The predicted octanol–water partition coefficient (Wildman–Crippen LogP) is 2.44. The number of nitriles is 1. The van der Waals surface area contributed by atoms with Crippen molar-refractivity contribution in [2.75, 3.05) is 6.54 Å². The first-order valence-corrected chi connectivity index (χ1v) is 8.87. The van der Waals surface area contributed by atoms with E-state index in [0.29, 0.717) is 13.0 Å². The van der Waals surface area contributed by atoms with Crippen LogP contribution in [-0.4, -0.2) is 24.5 Å². The minimum atomic E-state index is -0.718. The van der Waals surface area contributed by atoms with Crippen LogP contribution in [0.3, 0.4) is 0 Å². The van der Waals surface area contributed by atoms with Gasteiger partial charge in [-0.05, 0) is 18.1 Å². The predicted molar refractivity (Wildman–Crippen MR) is 104 cm³/mol. The molecule has 0 fully saturated rings. The van der Waals surface area contributed by atoms with Crippen molar-refractivity contribution < 1.29 is 9.59 Å². The van der Waals surface area contributed by atoms with E-state index in [0.717, 1.165) is 16.7 Å². The molecule has 0 heterocycles. The molecule has 3 amide bonds. The van der Waals surface area contributed by atoms with Crippen LogP contribution in [0, 0.1) is 18.3 Å². The van der Waals surface area contributed by atoms with Gasteiger partial charge in [0.15, 0.2) is 0 Å². The molecule has 6 nitrogen and oxygen atoms in total. The lowest BCUT2D eigenvalue weighted by Crippen LogP contribution is -2.51. The summed E-state index contributed by atoms with van der Waals surface area (Å²) in [6.07, 6.45) is 0.598. The number of urea groups is 1. The number of rotatable bonds is 8. The Bertz CT molecular complexity index is 782. The highest BCUT2D eigenvalue weighted by Crippen LogP contribution is 2.05. The Morgan fingerprint density at radius 1 is 1.00 bits per heavy atom. The van der Waals surface area contributed by atoms with E-state index >= 15 is 0 Å². The Hall–Kier alpha value is -3.33. The van der Waals surface area contributed by atoms with Gasteiger partial charge in [0.1, 0.15) is 6.04 Å². The van der Waals surface area contributed by atoms with Crippen molar-refractivity contribution in [2.24, 2.45) is 0 Å². The van der Waals surface area contributed by atoms with E-state index in [-0.39, 0.29) is 18.9 Å². The number of carbonyl (C=O) groups excluding carboxylic acids is 2. The van der Waals surface area contributed by atoms with Crippen LogP contribution in [0.1, 0.15) is 23.1 Å². The van der Waals surface area contributed by atoms with E-state index < -0.39 is 12.1 Å². The van der Waals surface area contributed by atoms with Crippen molar-refractivity contribution in [3.63, 3.8) is 0 Å². The summed E-state index contributed by atoms with van der Waals surface area (Å²) in [6.45, 7) is 2.64. The van der Waals surface area contributed by atoms with E-state index in [9.17, 15) is 9.59 Å². The molecule has 1 unspecified atom stereocenters. The quantitative estimate of drug-likeness (QED) is 0.628. The summed E-state index contributed by atoms with van der Waals surface area (Å²) in [5.74, 6) is -0.306. The first-order chi connectivity index (χ1) is 13.1. The van der Waals surface area contributed by atoms with Crippen molar-refractivity contribution in [3.8, 4) is 6.07 Å². The number of carbonyl (C=O) groups is 2. The maximum absolute atomic E-state index is 12.4. The van der Waals surface area contributed by atoms with E-state index in [1.165, 1.54) is 0 Å². The smallest absolute Gasteiger partial charge is 0.315 e. The zero-order valence-electron chi connectivity index (χ0n) is 15.4. The van der Waals surface area contributed by atoms with Gasteiger partial charge in [0, 0.05) is 19.5 Å². The SMILES string of the molecule is Cc1ccc(CNC(=O)NC(Cc2ccccc2)C(=O)NCCC#N)cc1. The summed E-state index contributed by atoms with van der Waals surface area (Å²) < 4.78 is 0. The standard InChI is InChI=1S/C21H24N4O2/c1-16-8-10-18(11-9-16)15-24-21(27)25-19(20(26)23-13-5-12-22)14-17-6-3-2-4-7-17/h2-4,6-11,19H,5,13-15H2,1H3,(H,23,26)(H2,24,25,27). The normalized spacial score (nSPS) is 11.1. The molecule has 0 saturated heterocycles. The number of hydrogen-bond donors (Lipinski definition) is 3. The zero-order chi connectivity index (χ0) is 19.5. The first kappa shape index (κ1) is 20.0. The van der Waals surface area contributed by atoms with Crippen LogP contribution < -0.4 is 16.0 Å². The van der Waals surface area contributed by atoms with E-state index in [4.69, 9.17) is 5.26 Å².